The topological polar surface area (TPSA) is 57.1 Å². The van der Waals surface area contributed by atoms with Gasteiger partial charge in [0.25, 0.3) is 0 Å². The minimum Gasteiger partial charge on any atom is -0.506 e. The van der Waals surface area contributed by atoms with E-state index in [0.29, 0.717) is 30.0 Å². The maximum atomic E-state index is 13.7. The van der Waals surface area contributed by atoms with Crippen LogP contribution in [-0.2, 0) is 6.54 Å². The number of piperidine rings is 1. The van der Waals surface area contributed by atoms with Gasteiger partial charge >= 0.3 is 0 Å². The first-order valence-corrected chi connectivity index (χ1v) is 9.63. The Morgan fingerprint density at radius 2 is 1.93 bits per heavy atom. The van der Waals surface area contributed by atoms with Crippen molar-refractivity contribution in [3.8, 4) is 11.5 Å². The van der Waals surface area contributed by atoms with Crippen molar-refractivity contribution < 1.29 is 14.2 Å². The molecule has 0 saturated carbocycles. The summed E-state index contributed by atoms with van der Waals surface area (Å²) in [5.41, 5.74) is 1.27. The lowest BCUT2D eigenvalue weighted by Crippen LogP contribution is -2.45. The van der Waals surface area contributed by atoms with Crippen LogP contribution in [0, 0.1) is 17.7 Å². The fourth-order valence-corrected chi connectivity index (χ4v) is 3.78. The predicted molar refractivity (Wildman–Crippen MR) is 110 cm³/mol. The summed E-state index contributed by atoms with van der Waals surface area (Å²) < 4.78 is 19.1. The number of nitrogens with one attached hydrogen (secondary N) is 1. The summed E-state index contributed by atoms with van der Waals surface area (Å²) in [7, 11) is 1.64. The molecule has 2 unspecified atom stereocenters. The van der Waals surface area contributed by atoms with Crippen LogP contribution in [-0.4, -0.2) is 36.2 Å². The lowest BCUT2D eigenvalue weighted by Gasteiger charge is -2.37. The SMILES string of the molecule is COc1ccccc1CN=C(Nc1cc(F)ccc1O)N1CC(C)CC(C)C1. The van der Waals surface area contributed by atoms with E-state index in [1.54, 1.807) is 7.11 Å². The summed E-state index contributed by atoms with van der Waals surface area (Å²) in [6.45, 7) is 6.58. The number of phenolic OH excluding ortho intramolecular Hbond substituents is 1. The van der Waals surface area contributed by atoms with Crippen molar-refractivity contribution in [1.82, 2.24) is 4.90 Å². The molecule has 5 nitrogen and oxygen atoms in total. The molecule has 1 heterocycles. The van der Waals surface area contributed by atoms with Gasteiger partial charge in [-0.25, -0.2) is 9.38 Å². The van der Waals surface area contributed by atoms with Crippen LogP contribution in [0.5, 0.6) is 11.5 Å². The summed E-state index contributed by atoms with van der Waals surface area (Å²) in [5, 5.41) is 13.3. The number of anilines is 1. The number of methoxy groups -OCH3 is 1. The van der Waals surface area contributed by atoms with E-state index in [2.05, 4.69) is 24.1 Å². The molecule has 0 radical (unpaired) electrons. The molecule has 0 aliphatic carbocycles. The Morgan fingerprint density at radius 1 is 1.21 bits per heavy atom. The Balaban J connectivity index is 1.90. The Morgan fingerprint density at radius 3 is 2.64 bits per heavy atom. The number of likely N-dealkylation sites (tertiary alicyclic amines) is 1. The molecule has 1 saturated heterocycles. The first kappa shape index (κ1) is 20.0. The molecule has 0 amide bonds. The second-order valence-corrected chi connectivity index (χ2v) is 7.59. The average Bonchev–Trinajstić information content (AvgIpc) is 2.67. The van der Waals surface area contributed by atoms with Gasteiger partial charge in [0, 0.05) is 24.7 Å². The highest BCUT2D eigenvalue weighted by Crippen LogP contribution is 2.27. The number of aromatic hydroxyl groups is 1. The molecule has 1 fully saturated rings. The van der Waals surface area contributed by atoms with Gasteiger partial charge in [-0.1, -0.05) is 32.0 Å². The molecule has 0 bridgehead atoms. The smallest absolute Gasteiger partial charge is 0.198 e. The number of hydrogen-bond acceptors (Lipinski definition) is 3. The zero-order valence-corrected chi connectivity index (χ0v) is 16.7. The highest BCUT2D eigenvalue weighted by molar-refractivity contribution is 5.95. The van der Waals surface area contributed by atoms with Crippen LogP contribution in [0.4, 0.5) is 10.1 Å². The van der Waals surface area contributed by atoms with Gasteiger partial charge in [-0.15, -0.1) is 0 Å². The summed E-state index contributed by atoms with van der Waals surface area (Å²) in [6.07, 6.45) is 1.17. The minimum atomic E-state index is -0.412. The second-order valence-electron chi connectivity index (χ2n) is 7.59. The first-order valence-electron chi connectivity index (χ1n) is 9.63. The highest BCUT2D eigenvalue weighted by Gasteiger charge is 2.25. The molecule has 3 rings (SSSR count). The molecule has 28 heavy (non-hydrogen) atoms. The maximum Gasteiger partial charge on any atom is 0.198 e. The van der Waals surface area contributed by atoms with Gasteiger partial charge in [-0.2, -0.15) is 0 Å². The zero-order chi connectivity index (χ0) is 20.1. The van der Waals surface area contributed by atoms with E-state index in [0.717, 1.165) is 24.4 Å². The number of ether oxygens (including phenoxy) is 1. The quantitative estimate of drug-likeness (QED) is 0.463. The van der Waals surface area contributed by atoms with Crippen LogP contribution in [0.15, 0.2) is 47.5 Å². The van der Waals surface area contributed by atoms with Crippen molar-refractivity contribution in [1.29, 1.82) is 0 Å². The molecular formula is C22H28FN3O2. The predicted octanol–water partition coefficient (Wildman–Crippen LogP) is 4.49. The van der Waals surface area contributed by atoms with Crippen LogP contribution < -0.4 is 10.1 Å². The number of benzene rings is 2. The third kappa shape index (κ3) is 4.94. The average molecular weight is 385 g/mol. The number of hydrogen-bond donors (Lipinski definition) is 2. The Bertz CT molecular complexity index is 830. The lowest BCUT2D eigenvalue weighted by atomic mass is 9.92. The maximum absolute atomic E-state index is 13.7. The third-order valence-corrected chi connectivity index (χ3v) is 4.97. The van der Waals surface area contributed by atoms with Crippen LogP contribution in [0.2, 0.25) is 0 Å². The van der Waals surface area contributed by atoms with Gasteiger partial charge in [-0.05, 0) is 36.5 Å². The van der Waals surface area contributed by atoms with Crippen LogP contribution >= 0.6 is 0 Å². The van der Waals surface area contributed by atoms with E-state index in [1.807, 2.05) is 24.3 Å². The fraction of sp³-hybridized carbons (Fsp3) is 0.409. The summed E-state index contributed by atoms with van der Waals surface area (Å²) >= 11 is 0. The number of phenols is 1. The molecule has 2 atom stereocenters. The minimum absolute atomic E-state index is 0.00972. The van der Waals surface area contributed by atoms with Crippen LogP contribution in [0.3, 0.4) is 0 Å². The van der Waals surface area contributed by atoms with E-state index in [-0.39, 0.29) is 5.75 Å². The number of rotatable bonds is 4. The van der Waals surface area contributed by atoms with Crippen molar-refractivity contribution in [3.05, 3.63) is 53.8 Å². The summed E-state index contributed by atoms with van der Waals surface area (Å²) in [4.78, 5) is 6.96. The Hall–Kier alpha value is -2.76. The summed E-state index contributed by atoms with van der Waals surface area (Å²) in [6, 6.07) is 11.6. The van der Waals surface area contributed by atoms with Gasteiger partial charge in [0.05, 0.1) is 19.3 Å². The normalized spacial score (nSPS) is 20.1. The number of halogens is 1. The second kappa shape index (κ2) is 8.95. The number of aliphatic imine (C=N–C) groups is 1. The number of guanidine groups is 1. The van der Waals surface area contributed by atoms with Crippen molar-refractivity contribution >= 4 is 11.6 Å². The van der Waals surface area contributed by atoms with E-state index in [1.165, 1.54) is 24.6 Å². The molecular weight excluding hydrogens is 357 g/mol. The van der Waals surface area contributed by atoms with Gasteiger partial charge < -0.3 is 20.1 Å². The van der Waals surface area contributed by atoms with Gasteiger partial charge in [-0.3, -0.25) is 0 Å². The molecule has 1 aliphatic rings. The fourth-order valence-electron chi connectivity index (χ4n) is 3.78. The van der Waals surface area contributed by atoms with Gasteiger partial charge in [0.1, 0.15) is 17.3 Å². The first-order chi connectivity index (χ1) is 13.5. The van der Waals surface area contributed by atoms with E-state index in [9.17, 15) is 9.50 Å². The third-order valence-electron chi connectivity index (χ3n) is 4.97. The van der Waals surface area contributed by atoms with E-state index in [4.69, 9.17) is 9.73 Å². The van der Waals surface area contributed by atoms with Crippen molar-refractivity contribution in [2.45, 2.75) is 26.8 Å². The Kier molecular flexibility index (Phi) is 6.39. The molecule has 0 spiro atoms. The van der Waals surface area contributed by atoms with E-state index < -0.39 is 5.82 Å². The largest absolute Gasteiger partial charge is 0.506 e. The Labute approximate surface area is 165 Å². The molecule has 0 aromatic heterocycles. The molecule has 150 valence electrons. The van der Waals surface area contributed by atoms with Gasteiger partial charge in [0.2, 0.25) is 0 Å². The number of nitrogens with zero attached hydrogens (tertiary/aromatic N) is 2. The molecule has 2 aromatic carbocycles. The lowest BCUT2D eigenvalue weighted by molar-refractivity contribution is 0.213. The van der Waals surface area contributed by atoms with Crippen molar-refractivity contribution in [2.24, 2.45) is 16.8 Å². The van der Waals surface area contributed by atoms with Gasteiger partial charge in [0.15, 0.2) is 5.96 Å². The van der Waals surface area contributed by atoms with Crippen LogP contribution in [0.25, 0.3) is 0 Å². The van der Waals surface area contributed by atoms with E-state index >= 15 is 0 Å². The summed E-state index contributed by atoms with van der Waals surface area (Å²) in [5.74, 6) is 2.05. The van der Waals surface area contributed by atoms with Crippen molar-refractivity contribution in [2.75, 3.05) is 25.5 Å². The number of para-hydroxylation sites is 1. The molecule has 6 heteroatoms. The molecule has 2 N–H and O–H groups in total. The molecule has 2 aromatic rings. The monoisotopic (exact) mass is 385 g/mol. The van der Waals surface area contributed by atoms with Crippen LogP contribution in [0.1, 0.15) is 25.8 Å². The van der Waals surface area contributed by atoms with Crippen molar-refractivity contribution in [3.63, 3.8) is 0 Å². The standard InChI is InChI=1S/C22H28FN3O2/c1-15-10-16(2)14-26(13-15)22(25-19-11-18(23)8-9-20(19)27)24-12-17-6-4-5-7-21(17)28-3/h4-9,11,15-16,27H,10,12-14H2,1-3H3,(H,24,25). The molecule has 1 aliphatic heterocycles. The highest BCUT2D eigenvalue weighted by atomic mass is 19.1. The zero-order valence-electron chi connectivity index (χ0n) is 16.7.